The number of benzene rings is 2. The predicted octanol–water partition coefficient (Wildman–Crippen LogP) is 4.05. The Hall–Kier alpha value is -3.61. The zero-order chi connectivity index (χ0) is 22.1. The molecule has 1 aliphatic rings. The molecule has 0 spiro atoms. The summed E-state index contributed by atoms with van der Waals surface area (Å²) in [6, 6.07) is 16.6. The van der Waals surface area contributed by atoms with Crippen molar-refractivity contribution in [1.82, 2.24) is 5.32 Å². The van der Waals surface area contributed by atoms with Crippen LogP contribution in [-0.2, 0) is 25.7 Å². The van der Waals surface area contributed by atoms with E-state index in [4.69, 9.17) is 9.47 Å². The number of carbonyl (C=O) groups is 3. The smallest absolute Gasteiger partial charge is 0.408 e. The molecule has 31 heavy (non-hydrogen) atoms. The molecule has 0 saturated heterocycles. The number of anilines is 1. The van der Waals surface area contributed by atoms with Gasteiger partial charge in [0.25, 0.3) is 0 Å². The molecule has 0 heterocycles. The lowest BCUT2D eigenvalue weighted by Crippen LogP contribution is -2.61. The molecule has 162 valence electrons. The zero-order valence-electron chi connectivity index (χ0n) is 17.4. The second kappa shape index (κ2) is 10.4. The second-order valence-electron chi connectivity index (χ2n) is 7.37. The molecule has 3 rings (SSSR count). The summed E-state index contributed by atoms with van der Waals surface area (Å²) < 4.78 is 10.2. The van der Waals surface area contributed by atoms with Crippen molar-refractivity contribution in [1.29, 1.82) is 0 Å². The summed E-state index contributed by atoms with van der Waals surface area (Å²) in [6.07, 6.45) is 4.79. The minimum Gasteiger partial charge on any atom is -0.462 e. The van der Waals surface area contributed by atoms with Gasteiger partial charge in [0.15, 0.2) is 0 Å². The molecular formula is C24H26N2O5. The molecule has 2 amide bonds. The Balaban J connectivity index is 1.60. The summed E-state index contributed by atoms with van der Waals surface area (Å²) >= 11 is 0. The average Bonchev–Trinajstić information content (AvgIpc) is 2.74. The lowest BCUT2D eigenvalue weighted by Gasteiger charge is -2.40. The second-order valence-corrected chi connectivity index (χ2v) is 7.37. The largest absolute Gasteiger partial charge is 0.462 e. The number of nitrogens with one attached hydrogen (secondary N) is 2. The van der Waals surface area contributed by atoms with Gasteiger partial charge in [0, 0.05) is 12.6 Å². The minimum atomic E-state index is -0.984. The molecule has 7 heteroatoms. The van der Waals surface area contributed by atoms with Crippen LogP contribution in [0.3, 0.4) is 0 Å². The molecule has 0 unspecified atom stereocenters. The summed E-state index contributed by atoms with van der Waals surface area (Å²) in [4.78, 5) is 36.2. The molecule has 0 radical (unpaired) electrons. The van der Waals surface area contributed by atoms with Crippen LogP contribution < -0.4 is 10.6 Å². The van der Waals surface area contributed by atoms with Gasteiger partial charge in [-0.2, -0.15) is 0 Å². The maximum absolute atomic E-state index is 13.0. The van der Waals surface area contributed by atoms with Crippen LogP contribution in [0, 0.1) is 0 Å². The van der Waals surface area contributed by atoms with Crippen molar-refractivity contribution < 1.29 is 23.9 Å². The Bertz CT molecular complexity index is 951. The molecule has 7 nitrogen and oxygen atoms in total. The van der Waals surface area contributed by atoms with E-state index in [-0.39, 0.29) is 25.1 Å². The highest BCUT2D eigenvalue weighted by molar-refractivity contribution is 6.01. The number of amides is 2. The maximum Gasteiger partial charge on any atom is 0.408 e. The number of alkyl carbamates (subject to hydrolysis) is 1. The van der Waals surface area contributed by atoms with E-state index in [0.29, 0.717) is 18.5 Å². The topological polar surface area (TPSA) is 93.7 Å². The quantitative estimate of drug-likeness (QED) is 0.626. The fraction of sp³-hybridized carbons (Fsp3) is 0.292. The summed E-state index contributed by atoms with van der Waals surface area (Å²) in [5.74, 6) is -0.639. The summed E-state index contributed by atoms with van der Waals surface area (Å²) in [7, 11) is 0. The number of esters is 1. The Kier molecular flexibility index (Phi) is 7.43. The highest BCUT2D eigenvalue weighted by Gasteiger charge is 2.46. The normalized spacial score (nSPS) is 14.4. The average molecular weight is 422 g/mol. The maximum atomic E-state index is 13.0. The van der Waals surface area contributed by atoms with Gasteiger partial charge in [-0.1, -0.05) is 54.6 Å². The predicted molar refractivity (Wildman–Crippen MR) is 117 cm³/mol. The minimum absolute atomic E-state index is 0.139. The van der Waals surface area contributed by atoms with Crippen molar-refractivity contribution >= 4 is 29.7 Å². The van der Waals surface area contributed by atoms with Gasteiger partial charge in [0.1, 0.15) is 18.8 Å². The monoisotopic (exact) mass is 422 g/mol. The fourth-order valence-electron chi connectivity index (χ4n) is 3.23. The van der Waals surface area contributed by atoms with Crippen LogP contribution in [0.25, 0.3) is 6.08 Å². The molecule has 0 aromatic heterocycles. The first-order chi connectivity index (χ1) is 15.0. The van der Waals surface area contributed by atoms with Gasteiger partial charge in [-0.05, 0) is 42.5 Å². The van der Waals surface area contributed by atoms with E-state index >= 15 is 0 Å². The van der Waals surface area contributed by atoms with Crippen LogP contribution in [0.1, 0.15) is 37.3 Å². The van der Waals surface area contributed by atoms with Crippen molar-refractivity contribution in [3.05, 3.63) is 71.8 Å². The molecular weight excluding hydrogens is 396 g/mol. The van der Waals surface area contributed by atoms with E-state index in [1.807, 2.05) is 48.5 Å². The van der Waals surface area contributed by atoms with Gasteiger partial charge in [-0.15, -0.1) is 0 Å². The van der Waals surface area contributed by atoms with Gasteiger partial charge in [0.05, 0.1) is 0 Å². The fourth-order valence-corrected chi connectivity index (χ4v) is 3.23. The molecule has 1 fully saturated rings. The number of rotatable bonds is 8. The number of hydrogen-bond acceptors (Lipinski definition) is 5. The molecule has 1 aliphatic carbocycles. The van der Waals surface area contributed by atoms with Crippen molar-refractivity contribution in [2.24, 2.45) is 0 Å². The van der Waals surface area contributed by atoms with Gasteiger partial charge in [-0.3, -0.25) is 9.59 Å². The zero-order valence-corrected chi connectivity index (χ0v) is 17.4. The number of para-hydroxylation sites is 1. The summed E-state index contributed by atoms with van der Waals surface area (Å²) in [5, 5.41) is 5.67. The van der Waals surface area contributed by atoms with Crippen molar-refractivity contribution in [3.63, 3.8) is 0 Å². The number of hydrogen-bond donors (Lipinski definition) is 2. The van der Waals surface area contributed by atoms with Crippen LogP contribution in [-0.4, -0.2) is 30.1 Å². The van der Waals surface area contributed by atoms with Gasteiger partial charge in [-0.25, -0.2) is 4.79 Å². The highest BCUT2D eigenvalue weighted by atomic mass is 16.5. The SMILES string of the molecule is CC(=O)OC/C=C\c1ccccc1NC(=O)C1(NC(=O)OCc2ccccc2)CCC1. The lowest BCUT2D eigenvalue weighted by atomic mass is 9.76. The highest BCUT2D eigenvalue weighted by Crippen LogP contribution is 2.33. The molecule has 0 bridgehead atoms. The number of ether oxygens (including phenoxy) is 2. The Morgan fingerprint density at radius 3 is 2.39 bits per heavy atom. The molecule has 2 aromatic rings. The first kappa shape index (κ1) is 22.1. The van der Waals surface area contributed by atoms with E-state index < -0.39 is 11.6 Å². The molecule has 2 N–H and O–H groups in total. The van der Waals surface area contributed by atoms with E-state index in [0.717, 1.165) is 17.5 Å². The third kappa shape index (κ3) is 6.18. The Labute approximate surface area is 181 Å². The Morgan fingerprint density at radius 2 is 1.71 bits per heavy atom. The van der Waals surface area contributed by atoms with E-state index in [2.05, 4.69) is 10.6 Å². The van der Waals surface area contributed by atoms with Gasteiger partial charge < -0.3 is 20.1 Å². The van der Waals surface area contributed by atoms with Crippen LogP contribution in [0.2, 0.25) is 0 Å². The van der Waals surface area contributed by atoms with Crippen LogP contribution in [0.5, 0.6) is 0 Å². The van der Waals surface area contributed by atoms with Gasteiger partial charge in [0.2, 0.25) is 5.91 Å². The standard InChI is InChI=1S/C24H26N2O5/c1-18(27)30-16-7-12-20-11-5-6-13-21(20)25-22(28)24(14-8-15-24)26-23(29)31-17-19-9-3-2-4-10-19/h2-7,9-13H,8,14-17H2,1H3,(H,25,28)(H,26,29)/b12-7-. The van der Waals surface area contributed by atoms with Crippen molar-refractivity contribution in [3.8, 4) is 0 Å². The van der Waals surface area contributed by atoms with Gasteiger partial charge >= 0.3 is 12.1 Å². The summed E-state index contributed by atoms with van der Waals surface area (Å²) in [6.45, 7) is 1.63. The first-order valence-corrected chi connectivity index (χ1v) is 10.2. The molecule has 0 aliphatic heterocycles. The van der Waals surface area contributed by atoms with E-state index in [1.165, 1.54) is 6.92 Å². The molecule has 1 saturated carbocycles. The van der Waals surface area contributed by atoms with E-state index in [1.54, 1.807) is 18.2 Å². The third-order valence-electron chi connectivity index (χ3n) is 5.09. The summed E-state index contributed by atoms with van der Waals surface area (Å²) in [5.41, 5.74) is 1.27. The van der Waals surface area contributed by atoms with Crippen molar-refractivity contribution in [2.45, 2.75) is 38.3 Å². The lowest BCUT2D eigenvalue weighted by molar-refractivity contribution is -0.139. The van der Waals surface area contributed by atoms with Crippen molar-refractivity contribution in [2.75, 3.05) is 11.9 Å². The molecule has 2 aromatic carbocycles. The van der Waals surface area contributed by atoms with Crippen LogP contribution >= 0.6 is 0 Å². The Morgan fingerprint density at radius 1 is 1.00 bits per heavy atom. The number of carbonyl (C=O) groups excluding carboxylic acids is 3. The first-order valence-electron chi connectivity index (χ1n) is 10.2. The van der Waals surface area contributed by atoms with Crippen LogP contribution in [0.4, 0.5) is 10.5 Å². The van der Waals surface area contributed by atoms with Crippen LogP contribution in [0.15, 0.2) is 60.7 Å². The van der Waals surface area contributed by atoms with E-state index in [9.17, 15) is 14.4 Å². The third-order valence-corrected chi connectivity index (χ3v) is 5.09. The molecule has 0 atom stereocenters.